The summed E-state index contributed by atoms with van der Waals surface area (Å²) < 4.78 is 0. The fourth-order valence-corrected chi connectivity index (χ4v) is 1.74. The molecule has 6 heteroatoms. The molecule has 0 fully saturated rings. The van der Waals surface area contributed by atoms with Crippen molar-refractivity contribution in [3.8, 4) is 0 Å². The smallest absolute Gasteiger partial charge is 0.319 e. The molecule has 0 saturated heterocycles. The molecule has 0 aromatic heterocycles. The first-order chi connectivity index (χ1) is 9.38. The van der Waals surface area contributed by atoms with E-state index in [2.05, 4.69) is 24.5 Å². The van der Waals surface area contributed by atoms with Crippen molar-refractivity contribution in [1.82, 2.24) is 5.32 Å². The number of nitro groups is 1. The van der Waals surface area contributed by atoms with E-state index in [9.17, 15) is 14.9 Å². The standard InChI is InChI=1S/C14H21N3O3/c1-10(2)7-8-11(3)15-14(18)16-12-5-4-6-13(9-12)17(19)20/h4-6,9-11H,7-8H2,1-3H3,(H2,15,16,18). The zero-order chi connectivity index (χ0) is 15.1. The third kappa shape index (κ3) is 5.69. The van der Waals surface area contributed by atoms with Gasteiger partial charge in [0.15, 0.2) is 0 Å². The normalized spacial score (nSPS) is 12.0. The van der Waals surface area contributed by atoms with Crippen LogP contribution in [0.5, 0.6) is 0 Å². The molecule has 0 aliphatic carbocycles. The van der Waals surface area contributed by atoms with Gasteiger partial charge in [-0.15, -0.1) is 0 Å². The number of nitrogens with one attached hydrogen (secondary N) is 2. The maximum Gasteiger partial charge on any atom is 0.319 e. The zero-order valence-electron chi connectivity index (χ0n) is 12.1. The molecule has 6 nitrogen and oxygen atoms in total. The van der Waals surface area contributed by atoms with Crippen LogP contribution in [0.1, 0.15) is 33.6 Å². The van der Waals surface area contributed by atoms with Crippen molar-refractivity contribution < 1.29 is 9.72 Å². The minimum Gasteiger partial charge on any atom is -0.335 e. The summed E-state index contributed by atoms with van der Waals surface area (Å²) in [6.45, 7) is 6.21. The molecule has 1 aromatic carbocycles. The molecule has 0 saturated carbocycles. The maximum atomic E-state index is 11.8. The second-order valence-corrected chi connectivity index (χ2v) is 5.28. The van der Waals surface area contributed by atoms with Gasteiger partial charge in [0.2, 0.25) is 0 Å². The lowest BCUT2D eigenvalue weighted by atomic mass is 10.0. The van der Waals surface area contributed by atoms with E-state index in [0.29, 0.717) is 11.6 Å². The van der Waals surface area contributed by atoms with E-state index in [1.54, 1.807) is 6.07 Å². The summed E-state index contributed by atoms with van der Waals surface area (Å²) in [5.74, 6) is 0.596. The summed E-state index contributed by atoms with van der Waals surface area (Å²) in [6.07, 6.45) is 1.94. The summed E-state index contributed by atoms with van der Waals surface area (Å²) in [4.78, 5) is 21.9. The van der Waals surface area contributed by atoms with Crippen molar-refractivity contribution in [2.24, 2.45) is 5.92 Å². The summed E-state index contributed by atoms with van der Waals surface area (Å²) >= 11 is 0. The molecular weight excluding hydrogens is 258 g/mol. The SMILES string of the molecule is CC(C)CCC(C)NC(=O)Nc1cccc([N+](=O)[O-])c1. The number of rotatable bonds is 6. The average Bonchev–Trinajstić information content (AvgIpc) is 2.36. The first kappa shape index (κ1) is 15.9. The minimum atomic E-state index is -0.492. The van der Waals surface area contributed by atoms with Gasteiger partial charge in [-0.25, -0.2) is 4.79 Å². The van der Waals surface area contributed by atoms with Crippen molar-refractivity contribution in [1.29, 1.82) is 0 Å². The van der Waals surface area contributed by atoms with Crippen LogP contribution in [0.2, 0.25) is 0 Å². The molecule has 110 valence electrons. The van der Waals surface area contributed by atoms with Crippen LogP contribution in [0.3, 0.4) is 0 Å². The third-order valence-electron chi connectivity index (χ3n) is 2.87. The molecule has 0 bridgehead atoms. The Kier molecular flexibility index (Phi) is 5.96. The van der Waals surface area contributed by atoms with Crippen molar-refractivity contribution in [2.75, 3.05) is 5.32 Å². The van der Waals surface area contributed by atoms with Gasteiger partial charge in [-0.1, -0.05) is 19.9 Å². The van der Waals surface area contributed by atoms with Crippen LogP contribution in [-0.4, -0.2) is 17.0 Å². The first-order valence-corrected chi connectivity index (χ1v) is 6.70. The molecule has 0 aliphatic heterocycles. The second-order valence-electron chi connectivity index (χ2n) is 5.28. The molecule has 1 rings (SSSR count). The Labute approximate surface area is 118 Å². The number of hydrogen-bond donors (Lipinski definition) is 2. The fourth-order valence-electron chi connectivity index (χ4n) is 1.74. The molecule has 0 spiro atoms. The largest absolute Gasteiger partial charge is 0.335 e. The molecule has 20 heavy (non-hydrogen) atoms. The van der Waals surface area contributed by atoms with E-state index < -0.39 is 4.92 Å². The summed E-state index contributed by atoms with van der Waals surface area (Å²) in [6, 6.07) is 5.59. The van der Waals surface area contributed by atoms with Crippen LogP contribution >= 0.6 is 0 Å². The van der Waals surface area contributed by atoms with Crippen LogP contribution in [0.25, 0.3) is 0 Å². The Balaban J connectivity index is 2.49. The van der Waals surface area contributed by atoms with Gasteiger partial charge in [-0.05, 0) is 31.7 Å². The Morgan fingerprint density at radius 2 is 2.00 bits per heavy atom. The lowest BCUT2D eigenvalue weighted by Crippen LogP contribution is -2.36. The van der Waals surface area contributed by atoms with E-state index in [1.165, 1.54) is 18.2 Å². The van der Waals surface area contributed by atoms with E-state index in [-0.39, 0.29) is 17.8 Å². The van der Waals surface area contributed by atoms with Gasteiger partial charge in [0, 0.05) is 23.9 Å². The lowest BCUT2D eigenvalue weighted by Gasteiger charge is -2.15. The number of anilines is 1. The van der Waals surface area contributed by atoms with Gasteiger partial charge >= 0.3 is 6.03 Å². The van der Waals surface area contributed by atoms with Crippen LogP contribution < -0.4 is 10.6 Å². The highest BCUT2D eigenvalue weighted by molar-refractivity contribution is 5.89. The van der Waals surface area contributed by atoms with Gasteiger partial charge in [0.05, 0.1) is 4.92 Å². The van der Waals surface area contributed by atoms with Gasteiger partial charge in [-0.2, -0.15) is 0 Å². The molecule has 2 amide bonds. The Hall–Kier alpha value is -2.11. The minimum absolute atomic E-state index is 0.0457. The average molecular weight is 279 g/mol. The second kappa shape index (κ2) is 7.47. The number of carbonyl (C=O) groups is 1. The first-order valence-electron chi connectivity index (χ1n) is 6.70. The van der Waals surface area contributed by atoms with Crippen molar-refractivity contribution in [2.45, 2.75) is 39.7 Å². The molecule has 1 atom stereocenters. The number of nitro benzene ring substituents is 1. The van der Waals surface area contributed by atoms with Crippen LogP contribution in [0.4, 0.5) is 16.2 Å². The summed E-state index contributed by atoms with van der Waals surface area (Å²) in [7, 11) is 0. The van der Waals surface area contributed by atoms with E-state index >= 15 is 0 Å². The van der Waals surface area contributed by atoms with Crippen molar-refractivity contribution >= 4 is 17.4 Å². The van der Waals surface area contributed by atoms with Gasteiger partial charge in [-0.3, -0.25) is 10.1 Å². The number of urea groups is 1. The lowest BCUT2D eigenvalue weighted by molar-refractivity contribution is -0.384. The van der Waals surface area contributed by atoms with Gasteiger partial charge < -0.3 is 10.6 Å². The van der Waals surface area contributed by atoms with Crippen molar-refractivity contribution in [3.05, 3.63) is 34.4 Å². The Morgan fingerprint density at radius 3 is 2.60 bits per heavy atom. The number of non-ortho nitro benzene ring substituents is 1. The molecule has 0 heterocycles. The molecule has 1 aromatic rings. The highest BCUT2D eigenvalue weighted by Gasteiger charge is 2.10. The summed E-state index contributed by atoms with van der Waals surface area (Å²) in [5.41, 5.74) is 0.364. The molecule has 0 radical (unpaired) electrons. The third-order valence-corrected chi connectivity index (χ3v) is 2.87. The predicted molar refractivity (Wildman–Crippen MR) is 78.8 cm³/mol. The highest BCUT2D eigenvalue weighted by atomic mass is 16.6. The quantitative estimate of drug-likeness (QED) is 0.617. The number of hydrogen-bond acceptors (Lipinski definition) is 3. The monoisotopic (exact) mass is 279 g/mol. The zero-order valence-corrected chi connectivity index (χ0v) is 12.1. The Morgan fingerprint density at radius 1 is 1.30 bits per heavy atom. The predicted octanol–water partition coefficient (Wildman–Crippen LogP) is 3.54. The van der Waals surface area contributed by atoms with E-state index in [1.807, 2.05) is 6.92 Å². The van der Waals surface area contributed by atoms with Gasteiger partial charge in [0.25, 0.3) is 5.69 Å². The number of benzene rings is 1. The maximum absolute atomic E-state index is 11.8. The van der Waals surface area contributed by atoms with E-state index in [4.69, 9.17) is 0 Å². The van der Waals surface area contributed by atoms with Crippen LogP contribution in [0, 0.1) is 16.0 Å². The van der Waals surface area contributed by atoms with Crippen LogP contribution in [-0.2, 0) is 0 Å². The molecular formula is C14H21N3O3. The van der Waals surface area contributed by atoms with Gasteiger partial charge in [0.1, 0.15) is 0 Å². The molecule has 1 unspecified atom stereocenters. The number of amides is 2. The topological polar surface area (TPSA) is 84.3 Å². The van der Waals surface area contributed by atoms with Crippen LogP contribution in [0.15, 0.2) is 24.3 Å². The highest BCUT2D eigenvalue weighted by Crippen LogP contribution is 2.16. The number of nitrogens with zero attached hydrogens (tertiary/aromatic N) is 1. The Bertz CT molecular complexity index is 474. The number of carbonyl (C=O) groups excluding carboxylic acids is 1. The molecule has 0 aliphatic rings. The summed E-state index contributed by atoms with van der Waals surface area (Å²) in [5, 5.41) is 16.1. The van der Waals surface area contributed by atoms with Crippen molar-refractivity contribution in [3.63, 3.8) is 0 Å². The van der Waals surface area contributed by atoms with E-state index in [0.717, 1.165) is 12.8 Å². The molecule has 2 N–H and O–H groups in total. The fraction of sp³-hybridized carbons (Fsp3) is 0.500.